The molecule has 76 valence electrons. The fraction of sp³-hybridized carbons (Fsp3) is 0.500. The van der Waals surface area contributed by atoms with Crippen molar-refractivity contribution in [1.29, 1.82) is 0 Å². The topological polar surface area (TPSA) is 42.2 Å². The molecule has 1 aromatic heterocycles. The predicted molar refractivity (Wildman–Crippen MR) is 57.4 cm³/mol. The first-order valence-electron chi connectivity index (χ1n) is 4.66. The Labute approximate surface area is 90.5 Å². The molecule has 1 heterocycles. The van der Waals surface area contributed by atoms with Crippen LogP contribution >= 0.6 is 15.9 Å². The van der Waals surface area contributed by atoms with E-state index in [0.717, 1.165) is 17.3 Å². The Kier molecular flexibility index (Phi) is 2.49. The Bertz CT molecular complexity index is 413. The molecule has 1 aromatic rings. The van der Waals surface area contributed by atoms with Crippen LogP contribution < -0.4 is 5.56 Å². The van der Waals surface area contributed by atoms with Crippen molar-refractivity contribution in [3.63, 3.8) is 0 Å². The van der Waals surface area contributed by atoms with Gasteiger partial charge < -0.3 is 9.67 Å². The summed E-state index contributed by atoms with van der Waals surface area (Å²) in [5, 5.41) is 9.49. The van der Waals surface area contributed by atoms with E-state index in [1.165, 1.54) is 0 Å². The quantitative estimate of drug-likeness (QED) is 0.831. The second-order valence-electron chi connectivity index (χ2n) is 3.77. The van der Waals surface area contributed by atoms with Crippen molar-refractivity contribution in [2.75, 3.05) is 0 Å². The smallest absolute Gasteiger partial charge is 0.253 e. The van der Waals surface area contributed by atoms with Gasteiger partial charge in [-0.05, 0) is 41.8 Å². The normalized spacial score (nSPS) is 25.9. The number of halogens is 1. The number of aromatic nitrogens is 1. The van der Waals surface area contributed by atoms with E-state index in [-0.39, 0.29) is 17.7 Å². The lowest BCUT2D eigenvalue weighted by Gasteiger charge is -2.34. The van der Waals surface area contributed by atoms with E-state index in [2.05, 4.69) is 15.9 Å². The standard InChI is InChI=1S/C10H12BrNO2/c1-6-4-7(11)5-12(10(6)14)8-2-3-9(8)13/h4-5,8-9,13H,2-3H2,1H3/t8?,9-/m0/s1. The number of aryl methyl sites for hydroxylation is 1. The molecule has 2 rings (SSSR count). The van der Waals surface area contributed by atoms with Crippen molar-refractivity contribution in [3.05, 3.63) is 32.7 Å². The zero-order chi connectivity index (χ0) is 10.3. The third-order valence-corrected chi connectivity index (χ3v) is 3.18. The molecule has 14 heavy (non-hydrogen) atoms. The van der Waals surface area contributed by atoms with Crippen molar-refractivity contribution in [2.24, 2.45) is 0 Å². The largest absolute Gasteiger partial charge is 0.391 e. The highest BCUT2D eigenvalue weighted by Crippen LogP contribution is 2.31. The van der Waals surface area contributed by atoms with Gasteiger partial charge >= 0.3 is 0 Å². The zero-order valence-electron chi connectivity index (χ0n) is 7.90. The van der Waals surface area contributed by atoms with Crippen LogP contribution in [0.3, 0.4) is 0 Å². The maximum atomic E-state index is 11.7. The van der Waals surface area contributed by atoms with Crippen molar-refractivity contribution in [3.8, 4) is 0 Å². The minimum absolute atomic E-state index is 0.00282. The van der Waals surface area contributed by atoms with Crippen LogP contribution in [0.4, 0.5) is 0 Å². The molecule has 0 spiro atoms. The molecule has 1 N–H and O–H groups in total. The summed E-state index contributed by atoms with van der Waals surface area (Å²) in [5.74, 6) is 0. The Hall–Kier alpha value is -0.610. The molecule has 1 fully saturated rings. The molecule has 4 heteroatoms. The summed E-state index contributed by atoms with van der Waals surface area (Å²) >= 11 is 3.35. The van der Waals surface area contributed by atoms with Crippen LogP contribution in [-0.4, -0.2) is 15.8 Å². The lowest BCUT2D eigenvalue weighted by atomic mass is 9.89. The molecule has 1 aliphatic carbocycles. The SMILES string of the molecule is Cc1cc(Br)cn(C2CC[C@@H]2O)c1=O. The number of aliphatic hydroxyl groups is 1. The number of nitrogens with zero attached hydrogens (tertiary/aromatic N) is 1. The van der Waals surface area contributed by atoms with Crippen molar-refractivity contribution >= 4 is 15.9 Å². The number of hydrogen-bond donors (Lipinski definition) is 1. The highest BCUT2D eigenvalue weighted by atomic mass is 79.9. The molecular formula is C10H12BrNO2. The van der Waals surface area contributed by atoms with Gasteiger partial charge in [0, 0.05) is 16.2 Å². The minimum Gasteiger partial charge on any atom is -0.391 e. The van der Waals surface area contributed by atoms with Crippen LogP contribution in [0.2, 0.25) is 0 Å². The van der Waals surface area contributed by atoms with Crippen LogP contribution in [0.15, 0.2) is 21.5 Å². The number of rotatable bonds is 1. The molecule has 1 aliphatic rings. The van der Waals surface area contributed by atoms with Gasteiger partial charge in [0.1, 0.15) is 0 Å². The van der Waals surface area contributed by atoms with E-state index in [4.69, 9.17) is 0 Å². The molecule has 0 saturated heterocycles. The molecular weight excluding hydrogens is 246 g/mol. The molecule has 1 unspecified atom stereocenters. The van der Waals surface area contributed by atoms with Gasteiger partial charge in [0.25, 0.3) is 5.56 Å². The van der Waals surface area contributed by atoms with Gasteiger partial charge in [-0.15, -0.1) is 0 Å². The Balaban J connectivity index is 2.47. The monoisotopic (exact) mass is 257 g/mol. The van der Waals surface area contributed by atoms with Gasteiger partial charge in [-0.2, -0.15) is 0 Å². The van der Waals surface area contributed by atoms with Crippen LogP contribution in [0, 0.1) is 6.92 Å². The summed E-state index contributed by atoms with van der Waals surface area (Å²) < 4.78 is 2.52. The van der Waals surface area contributed by atoms with E-state index in [0.29, 0.717) is 5.56 Å². The molecule has 2 atom stereocenters. The first-order chi connectivity index (χ1) is 6.59. The Morgan fingerprint density at radius 2 is 2.29 bits per heavy atom. The lowest BCUT2D eigenvalue weighted by molar-refractivity contribution is 0.0297. The molecule has 0 aliphatic heterocycles. The van der Waals surface area contributed by atoms with Gasteiger partial charge in [0.05, 0.1) is 12.1 Å². The number of hydrogen-bond acceptors (Lipinski definition) is 2. The highest BCUT2D eigenvalue weighted by molar-refractivity contribution is 9.10. The van der Waals surface area contributed by atoms with Gasteiger partial charge in [0.2, 0.25) is 0 Å². The third-order valence-electron chi connectivity index (χ3n) is 2.75. The van der Waals surface area contributed by atoms with Gasteiger partial charge in [0.15, 0.2) is 0 Å². The summed E-state index contributed by atoms with van der Waals surface area (Å²) in [6.45, 7) is 1.79. The molecule has 0 radical (unpaired) electrons. The summed E-state index contributed by atoms with van der Waals surface area (Å²) in [6, 6.07) is 1.77. The minimum atomic E-state index is -0.360. The van der Waals surface area contributed by atoms with Crippen LogP contribution in [-0.2, 0) is 0 Å². The van der Waals surface area contributed by atoms with E-state index in [1.54, 1.807) is 23.8 Å². The number of pyridine rings is 1. The molecule has 1 saturated carbocycles. The summed E-state index contributed by atoms with van der Waals surface area (Å²) in [6.07, 6.45) is 3.07. The molecule has 0 amide bonds. The Morgan fingerprint density at radius 1 is 1.57 bits per heavy atom. The average molecular weight is 258 g/mol. The van der Waals surface area contributed by atoms with E-state index < -0.39 is 0 Å². The summed E-state index contributed by atoms with van der Waals surface area (Å²) in [4.78, 5) is 11.7. The van der Waals surface area contributed by atoms with E-state index in [9.17, 15) is 9.90 Å². The average Bonchev–Trinajstić information content (AvgIpc) is 2.11. The van der Waals surface area contributed by atoms with E-state index >= 15 is 0 Å². The first kappa shape index (κ1) is 9.93. The predicted octanol–water partition coefficient (Wildman–Crippen LogP) is 1.62. The van der Waals surface area contributed by atoms with Crippen molar-refractivity contribution < 1.29 is 5.11 Å². The summed E-state index contributed by atoms with van der Waals surface area (Å²) in [7, 11) is 0. The zero-order valence-corrected chi connectivity index (χ0v) is 9.49. The lowest BCUT2D eigenvalue weighted by Crippen LogP contribution is -2.39. The first-order valence-corrected chi connectivity index (χ1v) is 5.45. The fourth-order valence-electron chi connectivity index (χ4n) is 1.74. The Morgan fingerprint density at radius 3 is 2.79 bits per heavy atom. The molecule has 0 aromatic carbocycles. The van der Waals surface area contributed by atoms with Gasteiger partial charge in [-0.1, -0.05) is 0 Å². The van der Waals surface area contributed by atoms with Crippen LogP contribution in [0.1, 0.15) is 24.4 Å². The van der Waals surface area contributed by atoms with Gasteiger partial charge in [-0.25, -0.2) is 0 Å². The van der Waals surface area contributed by atoms with E-state index in [1.807, 2.05) is 0 Å². The second kappa shape index (κ2) is 3.51. The fourth-order valence-corrected chi connectivity index (χ4v) is 2.30. The van der Waals surface area contributed by atoms with Crippen molar-refractivity contribution in [2.45, 2.75) is 31.9 Å². The molecule has 3 nitrogen and oxygen atoms in total. The van der Waals surface area contributed by atoms with Crippen LogP contribution in [0.25, 0.3) is 0 Å². The van der Waals surface area contributed by atoms with Crippen molar-refractivity contribution in [1.82, 2.24) is 4.57 Å². The third kappa shape index (κ3) is 1.53. The molecule has 0 bridgehead atoms. The number of aliphatic hydroxyl groups excluding tert-OH is 1. The highest BCUT2D eigenvalue weighted by Gasteiger charge is 2.31. The summed E-state index contributed by atoms with van der Waals surface area (Å²) in [5.41, 5.74) is 0.704. The second-order valence-corrected chi connectivity index (χ2v) is 4.68. The van der Waals surface area contributed by atoms with Gasteiger partial charge in [-0.3, -0.25) is 4.79 Å². The van der Waals surface area contributed by atoms with Crippen LogP contribution in [0.5, 0.6) is 0 Å². The maximum absolute atomic E-state index is 11.7. The maximum Gasteiger partial charge on any atom is 0.253 e.